The number of ether oxygens (including phenoxy) is 2. The van der Waals surface area contributed by atoms with Crippen molar-refractivity contribution in [1.82, 2.24) is 14.3 Å². The van der Waals surface area contributed by atoms with Gasteiger partial charge in [0, 0.05) is 32.4 Å². The number of nitriles is 1. The van der Waals surface area contributed by atoms with Crippen molar-refractivity contribution in [3.05, 3.63) is 45.9 Å². The zero-order chi connectivity index (χ0) is 20.2. The van der Waals surface area contributed by atoms with Gasteiger partial charge in [0.25, 0.3) is 11.5 Å². The minimum absolute atomic E-state index is 0.0869. The van der Waals surface area contributed by atoms with Gasteiger partial charge in [-0.25, -0.2) is 4.98 Å². The van der Waals surface area contributed by atoms with Crippen LogP contribution in [0.4, 0.5) is 5.82 Å². The highest BCUT2D eigenvalue weighted by Crippen LogP contribution is 2.21. The van der Waals surface area contributed by atoms with Gasteiger partial charge in [0.1, 0.15) is 23.1 Å². The molecule has 2 aliphatic heterocycles. The molecule has 4 heterocycles. The first kappa shape index (κ1) is 19.1. The third-order valence-corrected chi connectivity index (χ3v) is 5.00. The molecule has 0 unspecified atom stereocenters. The fraction of sp³-hybridized carbons (Fsp3) is 0.400. The Morgan fingerprint density at radius 1 is 1.10 bits per heavy atom. The summed E-state index contributed by atoms with van der Waals surface area (Å²) in [6.07, 6.45) is 3.00. The highest BCUT2D eigenvalue weighted by Gasteiger charge is 2.24. The highest BCUT2D eigenvalue weighted by atomic mass is 16.5. The molecule has 0 radical (unpaired) electrons. The standard InChI is InChI=1S/C20H21N5O4/c21-14-15(19(26)24-7-11-29-12-8-24)13-16-18(23-5-9-28-10-6-23)22-17-3-1-2-4-25(17)20(16)27/h1-4,13H,5-12H2/b15-13+. The number of carbonyl (C=O) groups excluding carboxylic acids is 1. The predicted octanol–water partition coefficient (Wildman–Crippen LogP) is 0.297. The van der Waals surface area contributed by atoms with E-state index in [4.69, 9.17) is 9.47 Å². The predicted molar refractivity (Wildman–Crippen MR) is 105 cm³/mol. The summed E-state index contributed by atoms with van der Waals surface area (Å²) in [6, 6.07) is 7.26. The number of aromatic nitrogens is 2. The first-order valence-electron chi connectivity index (χ1n) is 9.52. The molecule has 0 aliphatic carbocycles. The zero-order valence-corrected chi connectivity index (χ0v) is 15.9. The molecule has 150 valence electrons. The average molecular weight is 395 g/mol. The van der Waals surface area contributed by atoms with Crippen LogP contribution in [0.15, 0.2) is 34.8 Å². The van der Waals surface area contributed by atoms with Gasteiger partial charge < -0.3 is 19.3 Å². The van der Waals surface area contributed by atoms with Crippen molar-refractivity contribution in [1.29, 1.82) is 5.26 Å². The number of carbonyl (C=O) groups is 1. The van der Waals surface area contributed by atoms with Crippen molar-refractivity contribution >= 4 is 23.4 Å². The second-order valence-corrected chi connectivity index (χ2v) is 6.76. The Labute approximate surface area is 167 Å². The minimum Gasteiger partial charge on any atom is -0.378 e. The lowest BCUT2D eigenvalue weighted by Crippen LogP contribution is -2.41. The van der Waals surface area contributed by atoms with Crippen LogP contribution in [0, 0.1) is 11.3 Å². The lowest BCUT2D eigenvalue weighted by atomic mass is 10.1. The second kappa shape index (κ2) is 8.43. The quantitative estimate of drug-likeness (QED) is 0.544. The molecule has 2 aromatic rings. The molecule has 0 bridgehead atoms. The average Bonchev–Trinajstić information content (AvgIpc) is 2.79. The summed E-state index contributed by atoms with van der Waals surface area (Å²) in [4.78, 5) is 34.2. The summed E-state index contributed by atoms with van der Waals surface area (Å²) in [5.41, 5.74) is 0.332. The Morgan fingerprint density at radius 3 is 2.48 bits per heavy atom. The maximum Gasteiger partial charge on any atom is 0.267 e. The topological polar surface area (TPSA) is 100 Å². The molecule has 0 N–H and O–H groups in total. The molecule has 0 spiro atoms. The highest BCUT2D eigenvalue weighted by molar-refractivity contribution is 6.02. The normalized spacial score (nSPS) is 18.0. The maximum absolute atomic E-state index is 13.2. The number of hydrogen-bond donors (Lipinski definition) is 0. The van der Waals surface area contributed by atoms with E-state index in [9.17, 15) is 14.9 Å². The van der Waals surface area contributed by atoms with E-state index in [0.29, 0.717) is 64.1 Å². The van der Waals surface area contributed by atoms with E-state index in [1.165, 1.54) is 10.5 Å². The third-order valence-electron chi connectivity index (χ3n) is 5.00. The minimum atomic E-state index is -0.402. The van der Waals surface area contributed by atoms with Crippen LogP contribution in [0.2, 0.25) is 0 Å². The van der Waals surface area contributed by atoms with Gasteiger partial charge in [-0.3, -0.25) is 14.0 Å². The van der Waals surface area contributed by atoms with Crippen LogP contribution in [0.25, 0.3) is 11.7 Å². The van der Waals surface area contributed by atoms with E-state index in [1.54, 1.807) is 23.2 Å². The number of fused-ring (bicyclic) bond motifs is 1. The molecular weight excluding hydrogens is 374 g/mol. The van der Waals surface area contributed by atoms with Gasteiger partial charge >= 0.3 is 0 Å². The van der Waals surface area contributed by atoms with Crippen LogP contribution in [0.3, 0.4) is 0 Å². The van der Waals surface area contributed by atoms with Crippen LogP contribution < -0.4 is 10.5 Å². The summed E-state index contributed by atoms with van der Waals surface area (Å²) in [5.74, 6) is 0.0633. The van der Waals surface area contributed by atoms with Crippen molar-refractivity contribution in [3.8, 4) is 6.07 Å². The Morgan fingerprint density at radius 2 is 1.79 bits per heavy atom. The Bertz CT molecular complexity index is 1040. The van der Waals surface area contributed by atoms with Gasteiger partial charge in [0.15, 0.2) is 0 Å². The number of hydrogen-bond acceptors (Lipinski definition) is 7. The lowest BCUT2D eigenvalue weighted by Gasteiger charge is -2.29. The van der Waals surface area contributed by atoms with E-state index >= 15 is 0 Å². The van der Waals surface area contributed by atoms with E-state index in [1.807, 2.05) is 17.0 Å². The molecule has 2 aromatic heterocycles. The Kier molecular flexibility index (Phi) is 5.55. The van der Waals surface area contributed by atoms with Crippen molar-refractivity contribution in [2.45, 2.75) is 0 Å². The van der Waals surface area contributed by atoms with E-state index in [2.05, 4.69) is 4.98 Å². The molecule has 0 aromatic carbocycles. The molecule has 1 amide bonds. The fourth-order valence-electron chi connectivity index (χ4n) is 3.46. The summed E-state index contributed by atoms with van der Waals surface area (Å²) in [7, 11) is 0. The number of rotatable bonds is 3. The van der Waals surface area contributed by atoms with E-state index in [0.717, 1.165) is 0 Å². The Balaban J connectivity index is 1.82. The van der Waals surface area contributed by atoms with Crippen LogP contribution in [0.1, 0.15) is 5.56 Å². The van der Waals surface area contributed by atoms with E-state index in [-0.39, 0.29) is 16.7 Å². The van der Waals surface area contributed by atoms with Crippen molar-refractivity contribution in [3.63, 3.8) is 0 Å². The number of anilines is 1. The number of amides is 1. The Hall–Kier alpha value is -3.22. The zero-order valence-electron chi connectivity index (χ0n) is 15.9. The van der Waals surface area contributed by atoms with Crippen LogP contribution in [0.5, 0.6) is 0 Å². The summed E-state index contributed by atoms with van der Waals surface area (Å²) in [6.45, 7) is 3.92. The van der Waals surface area contributed by atoms with Crippen molar-refractivity contribution in [2.75, 3.05) is 57.5 Å². The van der Waals surface area contributed by atoms with Gasteiger partial charge in [0.2, 0.25) is 0 Å². The van der Waals surface area contributed by atoms with Crippen LogP contribution in [-0.2, 0) is 14.3 Å². The molecule has 0 atom stereocenters. The number of morpholine rings is 2. The summed E-state index contributed by atoms with van der Waals surface area (Å²) >= 11 is 0. The number of pyridine rings is 1. The smallest absolute Gasteiger partial charge is 0.267 e. The van der Waals surface area contributed by atoms with Crippen molar-refractivity contribution < 1.29 is 14.3 Å². The van der Waals surface area contributed by atoms with Gasteiger partial charge in [0.05, 0.1) is 32.0 Å². The van der Waals surface area contributed by atoms with Crippen LogP contribution in [-0.4, -0.2) is 72.8 Å². The first-order valence-corrected chi connectivity index (χ1v) is 9.52. The molecule has 9 nitrogen and oxygen atoms in total. The third kappa shape index (κ3) is 3.85. The molecule has 2 saturated heterocycles. The molecule has 2 fully saturated rings. The lowest BCUT2D eigenvalue weighted by molar-refractivity contribution is -0.130. The van der Waals surface area contributed by atoms with Crippen LogP contribution >= 0.6 is 0 Å². The van der Waals surface area contributed by atoms with Gasteiger partial charge in [-0.15, -0.1) is 0 Å². The molecular formula is C20H21N5O4. The van der Waals surface area contributed by atoms with E-state index < -0.39 is 5.91 Å². The maximum atomic E-state index is 13.2. The molecule has 4 rings (SSSR count). The van der Waals surface area contributed by atoms with Crippen molar-refractivity contribution in [2.24, 2.45) is 0 Å². The largest absolute Gasteiger partial charge is 0.378 e. The molecule has 0 saturated carbocycles. The van der Waals surface area contributed by atoms with Gasteiger partial charge in [-0.1, -0.05) is 6.07 Å². The second-order valence-electron chi connectivity index (χ2n) is 6.76. The van der Waals surface area contributed by atoms with Gasteiger partial charge in [-0.05, 0) is 18.2 Å². The molecule has 9 heteroatoms. The summed E-state index contributed by atoms with van der Waals surface area (Å²) < 4.78 is 12.1. The molecule has 2 aliphatic rings. The molecule has 29 heavy (non-hydrogen) atoms. The SMILES string of the molecule is N#C/C(=C\c1c(N2CCOCC2)nc2ccccn2c1=O)C(=O)N1CCOCC1. The fourth-order valence-corrected chi connectivity index (χ4v) is 3.46. The first-order chi connectivity index (χ1) is 14.2. The monoisotopic (exact) mass is 395 g/mol. The number of nitrogens with zero attached hydrogens (tertiary/aromatic N) is 5. The van der Waals surface area contributed by atoms with Gasteiger partial charge in [-0.2, -0.15) is 5.26 Å². The summed E-state index contributed by atoms with van der Waals surface area (Å²) in [5, 5.41) is 9.63.